The Kier molecular flexibility index (Phi) is 6.26. The summed E-state index contributed by atoms with van der Waals surface area (Å²) in [6, 6.07) is 7.69. The normalized spacial score (nSPS) is 11.1. The first kappa shape index (κ1) is 21.2. The summed E-state index contributed by atoms with van der Waals surface area (Å²) in [6.07, 6.45) is 0. The van der Waals surface area contributed by atoms with E-state index < -0.39 is 17.5 Å². The third-order valence-corrected chi connectivity index (χ3v) is 4.71. The van der Waals surface area contributed by atoms with E-state index in [0.717, 1.165) is 15.8 Å². The fraction of sp³-hybridized carbons (Fsp3) is 0.350. The van der Waals surface area contributed by atoms with Gasteiger partial charge in [0.2, 0.25) is 0 Å². The number of benzene rings is 1. The average molecular weight is 414 g/mol. The van der Waals surface area contributed by atoms with E-state index in [1.54, 1.807) is 11.8 Å². The summed E-state index contributed by atoms with van der Waals surface area (Å²) in [5, 5.41) is 8.16. The number of esters is 2. The SMILES string of the molecule is COC(=O)CN(Cc1ccccc1C)Cn1nc(C(=O)OC)c2c(C)onc2c1=O. The average Bonchev–Trinajstić information content (AvgIpc) is 3.13. The molecule has 2 aromatic heterocycles. The summed E-state index contributed by atoms with van der Waals surface area (Å²) in [4.78, 5) is 38.7. The van der Waals surface area contributed by atoms with Crippen molar-refractivity contribution in [2.45, 2.75) is 27.1 Å². The van der Waals surface area contributed by atoms with E-state index in [9.17, 15) is 14.4 Å². The second-order valence-electron chi connectivity index (χ2n) is 6.74. The maximum Gasteiger partial charge on any atom is 0.359 e. The van der Waals surface area contributed by atoms with Crippen LogP contribution in [-0.4, -0.2) is 52.5 Å². The Labute approximate surface area is 172 Å². The fourth-order valence-electron chi connectivity index (χ4n) is 3.09. The number of ether oxygens (including phenoxy) is 2. The van der Waals surface area contributed by atoms with Gasteiger partial charge in [-0.15, -0.1) is 0 Å². The van der Waals surface area contributed by atoms with Gasteiger partial charge in [-0.05, 0) is 25.0 Å². The van der Waals surface area contributed by atoms with Crippen LogP contribution in [0.5, 0.6) is 0 Å². The van der Waals surface area contributed by atoms with Crippen molar-refractivity contribution in [1.29, 1.82) is 0 Å². The molecule has 0 aliphatic heterocycles. The third kappa shape index (κ3) is 4.23. The van der Waals surface area contributed by atoms with Gasteiger partial charge >= 0.3 is 11.9 Å². The highest BCUT2D eigenvalue weighted by atomic mass is 16.5. The molecular weight excluding hydrogens is 392 g/mol. The molecule has 2 heterocycles. The zero-order valence-corrected chi connectivity index (χ0v) is 17.2. The molecule has 0 N–H and O–H groups in total. The van der Waals surface area contributed by atoms with E-state index in [4.69, 9.17) is 14.0 Å². The minimum absolute atomic E-state index is 0.0307. The molecule has 0 unspecified atom stereocenters. The van der Waals surface area contributed by atoms with E-state index >= 15 is 0 Å². The van der Waals surface area contributed by atoms with Gasteiger partial charge in [0, 0.05) is 6.54 Å². The van der Waals surface area contributed by atoms with Crippen LogP contribution in [0.15, 0.2) is 33.6 Å². The molecule has 0 spiro atoms. The highest BCUT2D eigenvalue weighted by Gasteiger charge is 2.24. The molecule has 0 aliphatic rings. The first-order valence-electron chi connectivity index (χ1n) is 9.14. The Bertz CT molecular complexity index is 1150. The van der Waals surface area contributed by atoms with Crippen LogP contribution in [0, 0.1) is 13.8 Å². The molecular formula is C20H22N4O6. The van der Waals surface area contributed by atoms with Gasteiger partial charge in [-0.25, -0.2) is 9.48 Å². The van der Waals surface area contributed by atoms with Gasteiger partial charge in [-0.3, -0.25) is 14.5 Å². The summed E-state index contributed by atoms with van der Waals surface area (Å²) in [5.74, 6) is -0.907. The van der Waals surface area contributed by atoms with Gasteiger partial charge in [0.1, 0.15) is 5.76 Å². The lowest BCUT2D eigenvalue weighted by Crippen LogP contribution is -2.38. The minimum Gasteiger partial charge on any atom is -0.468 e. The molecule has 0 aliphatic carbocycles. The predicted octanol–water partition coefficient (Wildman–Crippen LogP) is 1.42. The van der Waals surface area contributed by atoms with Crippen LogP contribution >= 0.6 is 0 Å². The van der Waals surface area contributed by atoms with E-state index in [-0.39, 0.29) is 35.6 Å². The molecule has 3 aromatic rings. The van der Waals surface area contributed by atoms with Crippen molar-refractivity contribution >= 4 is 22.8 Å². The number of aromatic nitrogens is 3. The topological polar surface area (TPSA) is 117 Å². The number of fused-ring (bicyclic) bond motifs is 1. The molecule has 1 aromatic carbocycles. The van der Waals surface area contributed by atoms with Gasteiger partial charge in [0.05, 0.1) is 32.8 Å². The minimum atomic E-state index is -0.724. The number of carbonyl (C=O) groups excluding carboxylic acids is 2. The molecule has 0 bridgehead atoms. The van der Waals surface area contributed by atoms with E-state index in [1.807, 2.05) is 31.2 Å². The molecule has 10 heteroatoms. The summed E-state index contributed by atoms with van der Waals surface area (Å²) < 4.78 is 15.7. The highest BCUT2D eigenvalue weighted by molar-refractivity contribution is 6.01. The molecule has 158 valence electrons. The lowest BCUT2D eigenvalue weighted by atomic mass is 10.1. The quantitative estimate of drug-likeness (QED) is 0.529. The van der Waals surface area contributed by atoms with Crippen LogP contribution in [0.3, 0.4) is 0 Å². The van der Waals surface area contributed by atoms with Gasteiger partial charge in [-0.1, -0.05) is 29.4 Å². The number of hydrogen-bond donors (Lipinski definition) is 0. The Balaban J connectivity index is 2.04. The van der Waals surface area contributed by atoms with Crippen molar-refractivity contribution in [2.24, 2.45) is 0 Å². The van der Waals surface area contributed by atoms with Crippen molar-refractivity contribution in [1.82, 2.24) is 19.8 Å². The maximum absolute atomic E-state index is 12.9. The Morgan fingerprint density at radius 2 is 1.90 bits per heavy atom. The summed E-state index contributed by atoms with van der Waals surface area (Å²) in [7, 11) is 2.51. The molecule has 0 atom stereocenters. The first-order chi connectivity index (χ1) is 14.3. The van der Waals surface area contributed by atoms with Crippen LogP contribution in [0.4, 0.5) is 0 Å². The Hall–Kier alpha value is -3.53. The number of rotatable bonds is 7. The maximum atomic E-state index is 12.9. The van der Waals surface area contributed by atoms with Crippen molar-refractivity contribution in [3.05, 3.63) is 57.2 Å². The zero-order valence-electron chi connectivity index (χ0n) is 17.2. The third-order valence-electron chi connectivity index (χ3n) is 4.71. The van der Waals surface area contributed by atoms with Crippen molar-refractivity contribution in [3.63, 3.8) is 0 Å². The lowest BCUT2D eigenvalue weighted by Gasteiger charge is -2.22. The van der Waals surface area contributed by atoms with Crippen LogP contribution in [0.25, 0.3) is 10.9 Å². The molecule has 0 radical (unpaired) electrons. The van der Waals surface area contributed by atoms with Crippen LogP contribution in [0.1, 0.15) is 27.4 Å². The smallest absolute Gasteiger partial charge is 0.359 e. The molecule has 0 fully saturated rings. The van der Waals surface area contributed by atoms with Gasteiger partial charge in [0.15, 0.2) is 11.2 Å². The first-order valence-corrected chi connectivity index (χ1v) is 9.14. The van der Waals surface area contributed by atoms with Crippen LogP contribution in [-0.2, 0) is 27.5 Å². The van der Waals surface area contributed by atoms with Crippen molar-refractivity contribution in [3.8, 4) is 0 Å². The van der Waals surface area contributed by atoms with E-state index in [2.05, 4.69) is 10.3 Å². The molecule has 10 nitrogen and oxygen atoms in total. The molecule has 30 heavy (non-hydrogen) atoms. The van der Waals surface area contributed by atoms with Gasteiger partial charge in [0.25, 0.3) is 5.56 Å². The summed E-state index contributed by atoms with van der Waals surface area (Å²) >= 11 is 0. The molecule has 0 saturated carbocycles. The number of carbonyl (C=O) groups is 2. The Morgan fingerprint density at radius 1 is 1.17 bits per heavy atom. The number of methoxy groups -OCH3 is 2. The van der Waals surface area contributed by atoms with Gasteiger partial charge < -0.3 is 14.0 Å². The lowest BCUT2D eigenvalue weighted by molar-refractivity contribution is -0.142. The largest absolute Gasteiger partial charge is 0.468 e. The van der Waals surface area contributed by atoms with Crippen LogP contribution < -0.4 is 5.56 Å². The molecule has 0 amide bonds. The molecule has 3 rings (SSSR count). The second kappa shape index (κ2) is 8.87. The number of nitrogens with zero attached hydrogens (tertiary/aromatic N) is 4. The zero-order chi connectivity index (χ0) is 21.8. The second-order valence-corrected chi connectivity index (χ2v) is 6.74. The summed E-state index contributed by atoms with van der Waals surface area (Å²) in [6.45, 7) is 3.74. The van der Waals surface area contributed by atoms with Crippen LogP contribution in [0.2, 0.25) is 0 Å². The monoisotopic (exact) mass is 414 g/mol. The summed E-state index contributed by atoms with van der Waals surface area (Å²) in [5.41, 5.74) is 1.34. The van der Waals surface area contributed by atoms with Crippen molar-refractivity contribution in [2.75, 3.05) is 20.8 Å². The molecule has 0 saturated heterocycles. The standard InChI is InChI=1S/C20H22N4O6/c1-12-7-5-6-8-14(12)9-23(10-15(25)28-3)11-24-19(26)17-16(13(2)30-22-17)18(21-24)20(27)29-4/h5-8H,9-11H2,1-4H3. The number of aryl methyl sites for hydroxylation is 2. The van der Waals surface area contributed by atoms with E-state index in [0.29, 0.717) is 6.54 Å². The predicted molar refractivity (Wildman–Crippen MR) is 106 cm³/mol. The van der Waals surface area contributed by atoms with E-state index in [1.165, 1.54) is 14.2 Å². The van der Waals surface area contributed by atoms with Crippen molar-refractivity contribution < 1.29 is 23.6 Å². The fourth-order valence-corrected chi connectivity index (χ4v) is 3.09. The highest BCUT2D eigenvalue weighted by Crippen LogP contribution is 2.19. The Morgan fingerprint density at radius 3 is 2.57 bits per heavy atom. The van der Waals surface area contributed by atoms with Gasteiger partial charge in [-0.2, -0.15) is 5.10 Å². The number of hydrogen-bond acceptors (Lipinski definition) is 9.